The van der Waals surface area contributed by atoms with Crippen molar-refractivity contribution in [3.05, 3.63) is 29.3 Å². The van der Waals surface area contributed by atoms with Gasteiger partial charge in [0, 0.05) is 22.9 Å². The number of phenols is 1. The van der Waals surface area contributed by atoms with E-state index < -0.39 is 38.4 Å². The zero-order chi connectivity index (χ0) is 17.7. The Bertz CT molecular complexity index is 926. The maximum Gasteiger partial charge on any atom is 0.298 e. The van der Waals surface area contributed by atoms with Crippen molar-refractivity contribution in [3.63, 3.8) is 0 Å². The molecule has 1 aromatic rings. The third kappa shape index (κ3) is 1.73. The topological polar surface area (TPSA) is 107 Å². The lowest BCUT2D eigenvalue weighted by Gasteiger charge is -2.56. The summed E-state index contributed by atoms with van der Waals surface area (Å²) in [6.07, 6.45) is 3.74. The van der Waals surface area contributed by atoms with Gasteiger partial charge in [-0.3, -0.25) is 4.55 Å². The molecule has 0 amide bonds. The van der Waals surface area contributed by atoms with Crippen molar-refractivity contribution in [1.82, 2.24) is 4.90 Å². The zero-order valence-corrected chi connectivity index (χ0v) is 14.4. The molecule has 1 spiro atoms. The van der Waals surface area contributed by atoms with E-state index in [1.807, 2.05) is 13.1 Å². The van der Waals surface area contributed by atoms with E-state index in [1.165, 1.54) is 6.07 Å². The monoisotopic (exact) mass is 365 g/mol. The average Bonchev–Trinajstić information content (AvgIpc) is 2.89. The Kier molecular flexibility index (Phi) is 2.85. The van der Waals surface area contributed by atoms with Crippen LogP contribution in [0.25, 0.3) is 0 Å². The molecule has 1 aromatic carbocycles. The van der Waals surface area contributed by atoms with Gasteiger partial charge in [-0.1, -0.05) is 12.2 Å². The van der Waals surface area contributed by atoms with Crippen molar-refractivity contribution in [2.45, 2.75) is 41.4 Å². The molecule has 0 saturated carbocycles. The van der Waals surface area contributed by atoms with Crippen LogP contribution in [0.4, 0.5) is 0 Å². The third-order valence-corrected chi connectivity index (χ3v) is 7.37. The van der Waals surface area contributed by atoms with Gasteiger partial charge in [-0.05, 0) is 38.1 Å². The average molecular weight is 365 g/mol. The highest BCUT2D eigenvalue weighted by Gasteiger charge is 2.64. The molecular formula is C17H19NO6S. The summed E-state index contributed by atoms with van der Waals surface area (Å²) in [7, 11) is -2.54. The molecule has 3 N–H and O–H groups in total. The number of aliphatic hydroxyl groups excluding tert-OH is 1. The van der Waals surface area contributed by atoms with Crippen molar-refractivity contribution < 1.29 is 27.9 Å². The van der Waals surface area contributed by atoms with Crippen LogP contribution >= 0.6 is 0 Å². The molecule has 2 heterocycles. The van der Waals surface area contributed by atoms with Crippen molar-refractivity contribution >= 4 is 10.1 Å². The van der Waals surface area contributed by atoms with Gasteiger partial charge < -0.3 is 19.8 Å². The number of ether oxygens (including phenoxy) is 1. The molecule has 2 aliphatic heterocycles. The summed E-state index contributed by atoms with van der Waals surface area (Å²) < 4.78 is 38.8. The van der Waals surface area contributed by atoms with Crippen molar-refractivity contribution in [1.29, 1.82) is 0 Å². The Hall–Kier alpha value is -1.61. The molecular weight excluding hydrogens is 346 g/mol. The molecule has 2 bridgehead atoms. The number of nitrogens with zero attached hydrogens (tertiary/aromatic N) is 1. The molecule has 0 aromatic heterocycles. The molecule has 134 valence electrons. The standard InChI is InChI=1S/C17H19NO6S/c1-18-5-4-17-9-2-3-11(19)16(17)24-15-13(17)8(6-10(9)18)7-12(14(15)20)25(21,22)23/h2-3,7,9-11,16,19-20H,4-6H2,1H3,(H,21,22,23)/t9-,10+,11-,16-,17-/m0/s1. The maximum atomic E-state index is 11.7. The lowest BCUT2D eigenvalue weighted by molar-refractivity contribution is -0.0453. The summed E-state index contributed by atoms with van der Waals surface area (Å²) in [5.74, 6) is -0.330. The van der Waals surface area contributed by atoms with E-state index in [0.29, 0.717) is 6.42 Å². The zero-order valence-electron chi connectivity index (χ0n) is 13.6. The number of aromatic hydroxyl groups is 1. The van der Waals surface area contributed by atoms with Gasteiger partial charge in [0.15, 0.2) is 11.5 Å². The van der Waals surface area contributed by atoms with Crippen LogP contribution in [0.1, 0.15) is 17.5 Å². The Balaban J connectivity index is 1.85. The number of piperidine rings is 1. The normalized spacial score (nSPS) is 38.4. The first-order valence-corrected chi connectivity index (χ1v) is 9.79. The van der Waals surface area contributed by atoms with Crippen LogP contribution in [-0.2, 0) is 22.0 Å². The van der Waals surface area contributed by atoms with E-state index in [0.717, 1.165) is 24.1 Å². The highest BCUT2D eigenvalue weighted by atomic mass is 32.2. The van der Waals surface area contributed by atoms with Gasteiger partial charge in [0.1, 0.15) is 17.1 Å². The third-order valence-electron chi connectivity index (χ3n) is 6.51. The Morgan fingerprint density at radius 1 is 1.36 bits per heavy atom. The minimum atomic E-state index is -4.58. The van der Waals surface area contributed by atoms with Crippen LogP contribution in [0.3, 0.4) is 0 Å². The van der Waals surface area contributed by atoms with Gasteiger partial charge in [0.05, 0.1) is 0 Å². The summed E-state index contributed by atoms with van der Waals surface area (Å²) in [5.41, 5.74) is 1.10. The van der Waals surface area contributed by atoms with E-state index in [1.54, 1.807) is 6.08 Å². The Morgan fingerprint density at radius 3 is 2.84 bits per heavy atom. The van der Waals surface area contributed by atoms with Gasteiger partial charge in [-0.15, -0.1) is 0 Å². The fourth-order valence-electron chi connectivity index (χ4n) is 5.48. The number of hydrogen-bond acceptors (Lipinski definition) is 6. The maximum absolute atomic E-state index is 11.7. The van der Waals surface area contributed by atoms with Crippen molar-refractivity contribution in [2.24, 2.45) is 5.92 Å². The number of aliphatic hydroxyl groups is 1. The molecule has 25 heavy (non-hydrogen) atoms. The second-order valence-corrected chi connectivity index (χ2v) is 8.93. The number of likely N-dealkylation sites (tertiary alicyclic amines) is 1. The number of benzene rings is 1. The fraction of sp³-hybridized carbons (Fsp3) is 0.529. The Labute approximate surface area is 145 Å². The summed E-state index contributed by atoms with van der Waals surface area (Å²) in [6.45, 7) is 0.835. The van der Waals surface area contributed by atoms with E-state index in [9.17, 15) is 23.2 Å². The summed E-state index contributed by atoms with van der Waals surface area (Å²) in [5, 5.41) is 21.0. The number of phenolic OH excluding ortho intramolecular Hbond substituents is 1. The van der Waals surface area contributed by atoms with Crippen LogP contribution in [0.2, 0.25) is 0 Å². The highest BCUT2D eigenvalue weighted by Crippen LogP contribution is 2.63. The van der Waals surface area contributed by atoms with Crippen LogP contribution in [0, 0.1) is 5.92 Å². The second-order valence-electron chi connectivity index (χ2n) is 7.54. The van der Waals surface area contributed by atoms with Crippen molar-refractivity contribution in [3.8, 4) is 11.5 Å². The molecule has 2 aliphatic carbocycles. The van der Waals surface area contributed by atoms with Crippen molar-refractivity contribution in [2.75, 3.05) is 13.6 Å². The quantitative estimate of drug-likeness (QED) is 0.490. The first kappa shape index (κ1) is 15.6. The number of rotatable bonds is 1. The second kappa shape index (κ2) is 4.56. The first-order valence-electron chi connectivity index (χ1n) is 8.35. The number of likely N-dealkylation sites (N-methyl/N-ethyl adjacent to an activating group) is 1. The summed E-state index contributed by atoms with van der Waals surface area (Å²) in [4.78, 5) is 1.72. The molecule has 0 radical (unpaired) electrons. The Morgan fingerprint density at radius 2 is 2.12 bits per heavy atom. The summed E-state index contributed by atoms with van der Waals surface area (Å²) in [6, 6.07) is 1.52. The summed E-state index contributed by atoms with van der Waals surface area (Å²) >= 11 is 0. The molecule has 0 unspecified atom stereocenters. The molecule has 7 nitrogen and oxygen atoms in total. The van der Waals surface area contributed by atoms with Gasteiger partial charge in [0.25, 0.3) is 10.1 Å². The largest absolute Gasteiger partial charge is 0.503 e. The van der Waals surface area contributed by atoms with Gasteiger partial charge in [0.2, 0.25) is 0 Å². The predicted molar refractivity (Wildman–Crippen MR) is 87.4 cm³/mol. The minimum Gasteiger partial charge on any atom is -0.503 e. The SMILES string of the molecule is CN1CC[C@]23c4c5cc(S(=O)(=O)O)c(O)c4O[C@H]2[C@@H](O)C=C[C@H]3[C@H]1C5. The predicted octanol–water partition coefficient (Wildman–Crippen LogP) is 0.445. The van der Waals surface area contributed by atoms with E-state index >= 15 is 0 Å². The lowest BCUT2D eigenvalue weighted by Crippen LogP contribution is -2.64. The van der Waals surface area contributed by atoms with Crippen LogP contribution in [0.15, 0.2) is 23.1 Å². The molecule has 1 fully saturated rings. The van der Waals surface area contributed by atoms with E-state index in [4.69, 9.17) is 4.74 Å². The molecule has 5 rings (SSSR count). The van der Waals surface area contributed by atoms with Gasteiger partial charge in [-0.25, -0.2) is 0 Å². The van der Waals surface area contributed by atoms with Crippen LogP contribution in [0.5, 0.6) is 11.5 Å². The smallest absolute Gasteiger partial charge is 0.298 e. The van der Waals surface area contributed by atoms with Crippen LogP contribution in [-0.4, -0.2) is 59.9 Å². The lowest BCUT2D eigenvalue weighted by atomic mass is 9.53. The van der Waals surface area contributed by atoms with E-state index in [-0.39, 0.29) is 17.7 Å². The molecule has 4 aliphatic rings. The molecule has 1 saturated heterocycles. The first-order chi connectivity index (χ1) is 11.7. The molecule has 5 atom stereocenters. The number of hydrogen-bond donors (Lipinski definition) is 3. The fourth-order valence-corrected chi connectivity index (χ4v) is 6.11. The minimum absolute atomic E-state index is 0.103. The highest BCUT2D eigenvalue weighted by molar-refractivity contribution is 7.86. The van der Waals surface area contributed by atoms with Gasteiger partial charge in [-0.2, -0.15) is 8.42 Å². The van der Waals surface area contributed by atoms with E-state index in [2.05, 4.69) is 4.90 Å². The van der Waals surface area contributed by atoms with Gasteiger partial charge >= 0.3 is 0 Å². The molecule has 8 heteroatoms. The van der Waals surface area contributed by atoms with Crippen LogP contribution < -0.4 is 4.74 Å².